The van der Waals surface area contributed by atoms with Crippen LogP contribution in [0.5, 0.6) is 0 Å². The molecule has 23 heavy (non-hydrogen) atoms. The zero-order chi connectivity index (χ0) is 16.3. The standard InChI is InChI=1S/C18H23NO2S2/c1-15-7-9-16(10-8-15)23(20,21)19-14-18(11-3-2-4-12-18)17-6-5-13-22-17/h5-10,13,19H,2-4,11-12,14H2,1H3. The molecule has 3 rings (SSSR count). The summed E-state index contributed by atoms with van der Waals surface area (Å²) in [6, 6.07) is 11.2. The van der Waals surface area contributed by atoms with Crippen LogP contribution in [-0.4, -0.2) is 15.0 Å². The van der Waals surface area contributed by atoms with Crippen LogP contribution in [0.15, 0.2) is 46.7 Å². The Morgan fingerprint density at radius 2 is 1.78 bits per heavy atom. The smallest absolute Gasteiger partial charge is 0.210 e. The summed E-state index contributed by atoms with van der Waals surface area (Å²) >= 11 is 1.74. The molecule has 0 saturated heterocycles. The van der Waals surface area contributed by atoms with Crippen LogP contribution in [0.1, 0.15) is 42.5 Å². The van der Waals surface area contributed by atoms with Gasteiger partial charge < -0.3 is 0 Å². The maximum Gasteiger partial charge on any atom is 0.240 e. The van der Waals surface area contributed by atoms with Crippen molar-refractivity contribution in [1.82, 2.24) is 4.72 Å². The number of benzene rings is 1. The van der Waals surface area contributed by atoms with E-state index in [1.807, 2.05) is 19.1 Å². The van der Waals surface area contributed by atoms with Crippen LogP contribution >= 0.6 is 11.3 Å². The van der Waals surface area contributed by atoms with E-state index in [2.05, 4.69) is 22.2 Å². The Morgan fingerprint density at radius 1 is 1.09 bits per heavy atom. The van der Waals surface area contributed by atoms with Gasteiger partial charge in [-0.15, -0.1) is 11.3 Å². The van der Waals surface area contributed by atoms with Gasteiger partial charge >= 0.3 is 0 Å². The number of sulfonamides is 1. The lowest BCUT2D eigenvalue weighted by molar-refractivity contribution is 0.298. The number of aryl methyl sites for hydroxylation is 1. The summed E-state index contributed by atoms with van der Waals surface area (Å²) in [5.41, 5.74) is 1.02. The van der Waals surface area contributed by atoms with Gasteiger partial charge in [0.15, 0.2) is 0 Å². The van der Waals surface area contributed by atoms with Crippen molar-refractivity contribution >= 4 is 21.4 Å². The first kappa shape index (κ1) is 16.7. The van der Waals surface area contributed by atoms with Gasteiger partial charge in [-0.05, 0) is 43.3 Å². The van der Waals surface area contributed by atoms with Crippen molar-refractivity contribution in [3.05, 3.63) is 52.2 Å². The van der Waals surface area contributed by atoms with Crippen LogP contribution < -0.4 is 4.72 Å². The molecule has 1 N–H and O–H groups in total. The first-order chi connectivity index (χ1) is 11.0. The lowest BCUT2D eigenvalue weighted by Crippen LogP contribution is -2.41. The third-order valence-electron chi connectivity index (χ3n) is 4.79. The molecule has 1 aliphatic rings. The van der Waals surface area contributed by atoms with Crippen LogP contribution in [0.2, 0.25) is 0 Å². The minimum atomic E-state index is -3.45. The second-order valence-electron chi connectivity index (χ2n) is 6.46. The highest BCUT2D eigenvalue weighted by molar-refractivity contribution is 7.89. The maximum absolute atomic E-state index is 12.6. The molecule has 1 heterocycles. The van der Waals surface area contributed by atoms with Gasteiger partial charge in [-0.1, -0.05) is 43.0 Å². The highest BCUT2D eigenvalue weighted by Crippen LogP contribution is 2.41. The molecule has 0 bridgehead atoms. The van der Waals surface area contributed by atoms with E-state index in [4.69, 9.17) is 0 Å². The molecule has 0 unspecified atom stereocenters. The van der Waals surface area contributed by atoms with E-state index in [0.29, 0.717) is 11.4 Å². The average Bonchev–Trinajstić information content (AvgIpc) is 3.10. The van der Waals surface area contributed by atoms with Gasteiger partial charge in [0, 0.05) is 16.8 Å². The fourth-order valence-corrected chi connectivity index (χ4v) is 5.47. The molecule has 1 fully saturated rings. The Balaban J connectivity index is 1.80. The summed E-state index contributed by atoms with van der Waals surface area (Å²) in [5.74, 6) is 0. The number of hydrogen-bond acceptors (Lipinski definition) is 3. The topological polar surface area (TPSA) is 46.2 Å². The number of thiophene rings is 1. The summed E-state index contributed by atoms with van der Waals surface area (Å²) in [6.45, 7) is 2.45. The normalized spacial score (nSPS) is 18.0. The van der Waals surface area contributed by atoms with E-state index in [1.165, 1.54) is 24.1 Å². The zero-order valence-corrected chi connectivity index (χ0v) is 15.1. The van der Waals surface area contributed by atoms with Gasteiger partial charge in [0.2, 0.25) is 10.0 Å². The number of rotatable bonds is 5. The second kappa shape index (κ2) is 6.75. The summed E-state index contributed by atoms with van der Waals surface area (Å²) in [7, 11) is -3.45. The van der Waals surface area contributed by atoms with Gasteiger partial charge in [0.25, 0.3) is 0 Å². The van der Waals surface area contributed by atoms with Crippen molar-refractivity contribution in [2.24, 2.45) is 0 Å². The molecule has 0 radical (unpaired) electrons. The molecule has 1 aromatic heterocycles. The quantitative estimate of drug-likeness (QED) is 0.878. The van der Waals surface area contributed by atoms with Gasteiger partial charge in [-0.2, -0.15) is 0 Å². The minimum absolute atomic E-state index is 0.0375. The lowest BCUT2D eigenvalue weighted by atomic mass is 9.73. The fraction of sp³-hybridized carbons (Fsp3) is 0.444. The molecule has 124 valence electrons. The van der Waals surface area contributed by atoms with Crippen LogP contribution in [0.3, 0.4) is 0 Å². The maximum atomic E-state index is 12.6. The highest BCUT2D eigenvalue weighted by Gasteiger charge is 2.36. The molecule has 0 spiro atoms. The van der Waals surface area contributed by atoms with Gasteiger partial charge in [0.05, 0.1) is 4.90 Å². The summed E-state index contributed by atoms with van der Waals surface area (Å²) in [6.07, 6.45) is 5.71. The Kier molecular flexibility index (Phi) is 4.90. The highest BCUT2D eigenvalue weighted by atomic mass is 32.2. The molecule has 5 heteroatoms. The van der Waals surface area contributed by atoms with E-state index in [0.717, 1.165) is 18.4 Å². The third-order valence-corrected chi connectivity index (χ3v) is 7.32. The summed E-state index contributed by atoms with van der Waals surface area (Å²) < 4.78 is 28.1. The van der Waals surface area contributed by atoms with E-state index < -0.39 is 10.0 Å². The molecular formula is C18H23NO2S2. The molecule has 1 aliphatic carbocycles. The van der Waals surface area contributed by atoms with Gasteiger partial charge in [-0.3, -0.25) is 0 Å². The Morgan fingerprint density at radius 3 is 2.39 bits per heavy atom. The van der Waals surface area contributed by atoms with Crippen molar-refractivity contribution in [3.63, 3.8) is 0 Å². The SMILES string of the molecule is Cc1ccc(S(=O)(=O)NCC2(c3cccs3)CCCCC2)cc1. The van der Waals surface area contributed by atoms with Crippen LogP contribution in [0, 0.1) is 6.92 Å². The van der Waals surface area contributed by atoms with Crippen LogP contribution in [-0.2, 0) is 15.4 Å². The first-order valence-corrected chi connectivity index (χ1v) is 10.5. The molecule has 1 saturated carbocycles. The van der Waals surface area contributed by atoms with Crippen molar-refractivity contribution in [3.8, 4) is 0 Å². The van der Waals surface area contributed by atoms with Crippen molar-refractivity contribution < 1.29 is 8.42 Å². The second-order valence-corrected chi connectivity index (χ2v) is 9.17. The van der Waals surface area contributed by atoms with Crippen molar-refractivity contribution in [2.45, 2.75) is 49.3 Å². The van der Waals surface area contributed by atoms with E-state index in [9.17, 15) is 8.42 Å². The number of nitrogens with one attached hydrogen (secondary N) is 1. The molecule has 0 amide bonds. The minimum Gasteiger partial charge on any atom is -0.210 e. The fourth-order valence-electron chi connectivity index (χ4n) is 3.35. The van der Waals surface area contributed by atoms with E-state index >= 15 is 0 Å². The van der Waals surface area contributed by atoms with Gasteiger partial charge in [-0.25, -0.2) is 13.1 Å². The Bertz CT molecular complexity index is 728. The molecule has 3 nitrogen and oxygen atoms in total. The van der Waals surface area contributed by atoms with E-state index in [1.54, 1.807) is 23.5 Å². The first-order valence-electron chi connectivity index (χ1n) is 8.12. The Hall–Kier alpha value is -1.17. The number of hydrogen-bond donors (Lipinski definition) is 1. The van der Waals surface area contributed by atoms with Crippen molar-refractivity contribution in [1.29, 1.82) is 0 Å². The average molecular weight is 350 g/mol. The summed E-state index contributed by atoms with van der Waals surface area (Å²) in [4.78, 5) is 1.66. The monoisotopic (exact) mass is 349 g/mol. The predicted molar refractivity (Wildman–Crippen MR) is 95.4 cm³/mol. The largest absolute Gasteiger partial charge is 0.240 e. The lowest BCUT2D eigenvalue weighted by Gasteiger charge is -2.36. The summed E-state index contributed by atoms with van der Waals surface area (Å²) in [5, 5.41) is 2.08. The molecular weight excluding hydrogens is 326 g/mol. The van der Waals surface area contributed by atoms with Crippen LogP contribution in [0.25, 0.3) is 0 Å². The van der Waals surface area contributed by atoms with Crippen LogP contribution in [0.4, 0.5) is 0 Å². The Labute approximate surface area is 142 Å². The molecule has 0 atom stereocenters. The third kappa shape index (κ3) is 3.67. The molecule has 1 aromatic carbocycles. The van der Waals surface area contributed by atoms with E-state index in [-0.39, 0.29) is 5.41 Å². The molecule has 2 aromatic rings. The van der Waals surface area contributed by atoms with Gasteiger partial charge in [0.1, 0.15) is 0 Å². The zero-order valence-electron chi connectivity index (χ0n) is 13.4. The van der Waals surface area contributed by atoms with Crippen molar-refractivity contribution in [2.75, 3.05) is 6.54 Å². The molecule has 0 aliphatic heterocycles. The predicted octanol–water partition coefficient (Wildman–Crippen LogP) is 4.24.